The second-order valence-corrected chi connectivity index (χ2v) is 7.22. The molecule has 2 aliphatic heterocycles. The molecule has 2 saturated heterocycles. The number of rotatable bonds is 5. The van der Waals surface area contributed by atoms with Gasteiger partial charge in [0.15, 0.2) is 0 Å². The molecule has 1 amide bonds. The predicted octanol–water partition coefficient (Wildman–Crippen LogP) is 2.11. The van der Waals surface area contributed by atoms with Crippen LogP contribution in [0.25, 0.3) is 0 Å². The van der Waals surface area contributed by atoms with Crippen molar-refractivity contribution in [2.45, 2.75) is 24.9 Å². The fourth-order valence-electron chi connectivity index (χ4n) is 3.38. The molecule has 25 heavy (non-hydrogen) atoms. The molecule has 0 bridgehead atoms. The van der Waals surface area contributed by atoms with Crippen molar-refractivity contribution >= 4 is 27.5 Å². The number of morpholine rings is 1. The first kappa shape index (κ1) is 18.5. The first-order valence-electron chi connectivity index (χ1n) is 8.44. The summed E-state index contributed by atoms with van der Waals surface area (Å²) in [6.07, 6.45) is -1.62. The van der Waals surface area contributed by atoms with Crippen LogP contribution in [0.1, 0.15) is 6.42 Å². The molecule has 2 aliphatic rings. The number of ether oxygens (including phenoxy) is 1. The number of alkyl halides is 2. The largest absolute Gasteiger partial charge is 0.378 e. The molecule has 2 fully saturated rings. The Morgan fingerprint density at radius 3 is 2.92 bits per heavy atom. The molecule has 5 nitrogen and oxygen atoms in total. The van der Waals surface area contributed by atoms with E-state index >= 15 is 0 Å². The Kier molecular flexibility index (Phi) is 6.24. The zero-order valence-corrected chi connectivity index (χ0v) is 15.4. The summed E-state index contributed by atoms with van der Waals surface area (Å²) in [6.45, 7) is 2.06. The minimum atomic E-state index is -2.45. The van der Waals surface area contributed by atoms with Gasteiger partial charge in [0, 0.05) is 30.1 Å². The Bertz CT molecular complexity index is 605. The predicted molar refractivity (Wildman–Crippen MR) is 95.1 cm³/mol. The Balaban J connectivity index is 1.57. The van der Waals surface area contributed by atoms with Gasteiger partial charge in [-0.05, 0) is 34.5 Å². The number of anilines is 1. The van der Waals surface area contributed by atoms with Crippen LogP contribution >= 0.6 is 15.9 Å². The van der Waals surface area contributed by atoms with Gasteiger partial charge in [0.25, 0.3) is 6.43 Å². The van der Waals surface area contributed by atoms with E-state index in [0.717, 1.165) is 23.1 Å². The standard InChI is InChI=1S/C17H22BrF2N3O2/c18-13-3-1-2-4-14(13)22-6-5-12(9-22)21-17(24)15-11-25-8-7-23(15)10-16(19)20/h1-4,12,15-16H,5-11H2,(H,21,24). The van der Waals surface area contributed by atoms with Gasteiger partial charge in [0.2, 0.25) is 5.91 Å². The lowest BCUT2D eigenvalue weighted by Crippen LogP contribution is -2.56. The van der Waals surface area contributed by atoms with Crippen molar-refractivity contribution in [2.24, 2.45) is 0 Å². The lowest BCUT2D eigenvalue weighted by Gasteiger charge is -2.34. The minimum absolute atomic E-state index is 0.00920. The van der Waals surface area contributed by atoms with E-state index in [1.165, 1.54) is 4.90 Å². The molecule has 0 saturated carbocycles. The third-order valence-corrected chi connectivity index (χ3v) is 5.31. The van der Waals surface area contributed by atoms with Gasteiger partial charge in [0.05, 0.1) is 25.4 Å². The third kappa shape index (κ3) is 4.68. The quantitative estimate of drug-likeness (QED) is 0.796. The van der Waals surface area contributed by atoms with E-state index in [1.54, 1.807) is 0 Å². The molecule has 138 valence electrons. The average Bonchev–Trinajstić information content (AvgIpc) is 3.03. The number of carbonyl (C=O) groups excluding carboxylic acids is 1. The highest BCUT2D eigenvalue weighted by Crippen LogP contribution is 2.28. The maximum absolute atomic E-state index is 12.7. The fraction of sp³-hybridized carbons (Fsp3) is 0.588. The Labute approximate surface area is 154 Å². The first-order chi connectivity index (χ1) is 12.0. The number of hydrogen-bond donors (Lipinski definition) is 1. The van der Waals surface area contributed by atoms with E-state index in [4.69, 9.17) is 4.74 Å². The number of amides is 1. The van der Waals surface area contributed by atoms with Crippen molar-refractivity contribution in [3.05, 3.63) is 28.7 Å². The topological polar surface area (TPSA) is 44.8 Å². The van der Waals surface area contributed by atoms with Crippen molar-refractivity contribution < 1.29 is 18.3 Å². The molecule has 2 heterocycles. The number of benzene rings is 1. The molecule has 1 aromatic carbocycles. The zero-order chi connectivity index (χ0) is 17.8. The second-order valence-electron chi connectivity index (χ2n) is 6.37. The highest BCUT2D eigenvalue weighted by Gasteiger charge is 2.33. The van der Waals surface area contributed by atoms with Crippen molar-refractivity contribution in [1.29, 1.82) is 0 Å². The van der Waals surface area contributed by atoms with Gasteiger partial charge >= 0.3 is 0 Å². The molecular weight excluding hydrogens is 396 g/mol. The molecule has 8 heteroatoms. The maximum atomic E-state index is 12.7. The van der Waals surface area contributed by atoms with Gasteiger partial charge in [-0.3, -0.25) is 9.69 Å². The third-order valence-electron chi connectivity index (χ3n) is 4.64. The van der Waals surface area contributed by atoms with Crippen LogP contribution in [0, 0.1) is 0 Å². The summed E-state index contributed by atoms with van der Waals surface area (Å²) in [7, 11) is 0. The van der Waals surface area contributed by atoms with Crippen molar-refractivity contribution in [1.82, 2.24) is 10.2 Å². The number of halogens is 3. The summed E-state index contributed by atoms with van der Waals surface area (Å²) in [6, 6.07) is 7.34. The van der Waals surface area contributed by atoms with Crippen LogP contribution in [0.3, 0.4) is 0 Å². The summed E-state index contributed by atoms with van der Waals surface area (Å²) in [5.41, 5.74) is 1.10. The highest BCUT2D eigenvalue weighted by molar-refractivity contribution is 9.10. The van der Waals surface area contributed by atoms with Gasteiger partial charge < -0.3 is 15.0 Å². The normalized spacial score (nSPS) is 24.7. The molecule has 0 spiro atoms. The van der Waals surface area contributed by atoms with Crippen LogP contribution in [-0.4, -0.2) is 68.7 Å². The van der Waals surface area contributed by atoms with E-state index in [9.17, 15) is 13.6 Å². The lowest BCUT2D eigenvalue weighted by atomic mass is 10.2. The molecule has 1 N–H and O–H groups in total. The molecule has 0 aromatic heterocycles. The number of nitrogens with one attached hydrogen (secondary N) is 1. The monoisotopic (exact) mass is 417 g/mol. The second kappa shape index (κ2) is 8.42. The van der Waals surface area contributed by atoms with E-state index in [2.05, 4.69) is 26.1 Å². The van der Waals surface area contributed by atoms with Crippen LogP contribution in [0.15, 0.2) is 28.7 Å². The summed E-state index contributed by atoms with van der Waals surface area (Å²) in [5, 5.41) is 3.01. The molecular formula is C17H22BrF2N3O2. The first-order valence-corrected chi connectivity index (χ1v) is 9.23. The number of para-hydroxylation sites is 1. The molecule has 0 radical (unpaired) electrons. The highest BCUT2D eigenvalue weighted by atomic mass is 79.9. The molecule has 3 rings (SSSR count). The molecule has 0 aliphatic carbocycles. The lowest BCUT2D eigenvalue weighted by molar-refractivity contribution is -0.134. The van der Waals surface area contributed by atoms with Crippen LogP contribution in [0.2, 0.25) is 0 Å². The van der Waals surface area contributed by atoms with E-state index in [1.807, 2.05) is 24.3 Å². The summed E-state index contributed by atoms with van der Waals surface area (Å²) in [5.74, 6) is -0.223. The summed E-state index contributed by atoms with van der Waals surface area (Å²) < 4.78 is 31.8. The van der Waals surface area contributed by atoms with Crippen molar-refractivity contribution in [3.8, 4) is 0 Å². The van der Waals surface area contributed by atoms with Gasteiger partial charge in [0.1, 0.15) is 6.04 Å². The number of carbonyl (C=O) groups is 1. The van der Waals surface area contributed by atoms with Gasteiger partial charge in [-0.1, -0.05) is 12.1 Å². The van der Waals surface area contributed by atoms with E-state index in [0.29, 0.717) is 19.7 Å². The van der Waals surface area contributed by atoms with Crippen LogP contribution in [-0.2, 0) is 9.53 Å². The smallest absolute Gasteiger partial charge is 0.251 e. The average molecular weight is 418 g/mol. The van der Waals surface area contributed by atoms with E-state index in [-0.39, 0.29) is 18.6 Å². The number of hydrogen-bond acceptors (Lipinski definition) is 4. The van der Waals surface area contributed by atoms with E-state index < -0.39 is 19.0 Å². The van der Waals surface area contributed by atoms with Crippen LogP contribution in [0.5, 0.6) is 0 Å². The van der Waals surface area contributed by atoms with Crippen LogP contribution in [0.4, 0.5) is 14.5 Å². The fourth-order valence-corrected chi connectivity index (χ4v) is 3.91. The van der Waals surface area contributed by atoms with Crippen molar-refractivity contribution in [2.75, 3.05) is 44.3 Å². The molecule has 1 aromatic rings. The van der Waals surface area contributed by atoms with Gasteiger partial charge in [-0.15, -0.1) is 0 Å². The minimum Gasteiger partial charge on any atom is -0.378 e. The number of nitrogens with zero attached hydrogens (tertiary/aromatic N) is 2. The Hall–Kier alpha value is -1.25. The Morgan fingerprint density at radius 2 is 2.16 bits per heavy atom. The zero-order valence-electron chi connectivity index (χ0n) is 13.8. The van der Waals surface area contributed by atoms with Gasteiger partial charge in [-0.2, -0.15) is 0 Å². The summed E-state index contributed by atoms with van der Waals surface area (Å²) in [4.78, 5) is 16.3. The Morgan fingerprint density at radius 1 is 1.36 bits per heavy atom. The summed E-state index contributed by atoms with van der Waals surface area (Å²) >= 11 is 3.55. The van der Waals surface area contributed by atoms with Crippen LogP contribution < -0.4 is 10.2 Å². The molecule has 2 unspecified atom stereocenters. The molecule has 2 atom stereocenters. The van der Waals surface area contributed by atoms with Crippen molar-refractivity contribution in [3.63, 3.8) is 0 Å². The maximum Gasteiger partial charge on any atom is 0.251 e. The SMILES string of the molecule is O=C(NC1CCN(c2ccccc2Br)C1)C1COCCN1CC(F)F. The van der Waals surface area contributed by atoms with Gasteiger partial charge in [-0.25, -0.2) is 8.78 Å².